The molecule has 0 aliphatic heterocycles. The van der Waals surface area contributed by atoms with E-state index in [1.54, 1.807) is 0 Å². The molecule has 0 amide bonds. The van der Waals surface area contributed by atoms with E-state index in [-0.39, 0.29) is 0 Å². The number of nitrogen functional groups attached to an aromatic ring is 1. The molecule has 0 spiro atoms. The lowest BCUT2D eigenvalue weighted by Gasteiger charge is -2.03. The number of imidazole rings is 1. The highest BCUT2D eigenvalue weighted by Gasteiger charge is 2.07. The molecule has 0 saturated carbocycles. The van der Waals surface area contributed by atoms with Crippen molar-refractivity contribution in [1.82, 2.24) is 14.4 Å². The average molecular weight is 176 g/mol. The molecule has 2 rings (SSSR count). The number of rotatable bonds is 0. The first kappa shape index (κ1) is 8.04. The van der Waals surface area contributed by atoms with Crippen molar-refractivity contribution in [2.45, 2.75) is 20.8 Å². The Hall–Kier alpha value is -1.58. The number of aryl methyl sites for hydroxylation is 3. The fourth-order valence-electron chi connectivity index (χ4n) is 1.41. The molecule has 0 unspecified atom stereocenters. The van der Waals surface area contributed by atoms with Gasteiger partial charge in [-0.2, -0.15) is 0 Å². The van der Waals surface area contributed by atoms with Crippen molar-refractivity contribution in [3.63, 3.8) is 0 Å². The van der Waals surface area contributed by atoms with Crippen LogP contribution in [0.5, 0.6) is 0 Å². The van der Waals surface area contributed by atoms with E-state index in [4.69, 9.17) is 5.73 Å². The largest absolute Gasteiger partial charge is 0.369 e. The first-order valence-corrected chi connectivity index (χ1v) is 4.18. The Labute approximate surface area is 76.4 Å². The zero-order chi connectivity index (χ0) is 9.59. The number of nitrogens with zero attached hydrogens (tertiary/aromatic N) is 3. The van der Waals surface area contributed by atoms with Crippen LogP contribution in [0.25, 0.3) is 5.65 Å². The van der Waals surface area contributed by atoms with Gasteiger partial charge in [-0.3, -0.25) is 4.40 Å². The molecule has 4 heteroatoms. The lowest BCUT2D eigenvalue weighted by atomic mass is 10.2. The van der Waals surface area contributed by atoms with Crippen LogP contribution in [0.4, 0.5) is 5.95 Å². The zero-order valence-corrected chi connectivity index (χ0v) is 8.00. The quantitative estimate of drug-likeness (QED) is 0.657. The van der Waals surface area contributed by atoms with E-state index in [0.29, 0.717) is 5.95 Å². The fraction of sp³-hybridized carbons (Fsp3) is 0.333. The second kappa shape index (κ2) is 2.45. The molecule has 68 valence electrons. The van der Waals surface area contributed by atoms with Gasteiger partial charge in [0, 0.05) is 17.5 Å². The third-order valence-electron chi connectivity index (χ3n) is 2.23. The molecule has 0 fully saturated rings. The molecule has 4 nitrogen and oxygen atoms in total. The molecular formula is C9H12N4. The number of nitrogens with two attached hydrogens (primary N) is 1. The minimum atomic E-state index is 0.499. The molecule has 0 aliphatic rings. The molecule has 0 radical (unpaired) electrons. The summed E-state index contributed by atoms with van der Waals surface area (Å²) in [4.78, 5) is 8.59. The molecule has 0 bridgehead atoms. The number of fused-ring (bicyclic) bond motifs is 1. The third kappa shape index (κ3) is 1.06. The van der Waals surface area contributed by atoms with Crippen molar-refractivity contribution in [1.29, 1.82) is 0 Å². The summed E-state index contributed by atoms with van der Waals surface area (Å²) >= 11 is 0. The summed E-state index contributed by atoms with van der Waals surface area (Å²) in [7, 11) is 0. The van der Waals surface area contributed by atoms with Crippen molar-refractivity contribution in [2.75, 3.05) is 5.73 Å². The van der Waals surface area contributed by atoms with Crippen molar-refractivity contribution < 1.29 is 0 Å². The Kier molecular flexibility index (Phi) is 1.52. The molecular weight excluding hydrogens is 164 g/mol. The maximum atomic E-state index is 5.75. The first-order valence-electron chi connectivity index (χ1n) is 4.18. The summed E-state index contributed by atoms with van der Waals surface area (Å²) in [6, 6.07) is 0. The van der Waals surface area contributed by atoms with Gasteiger partial charge in [0.15, 0.2) is 0 Å². The van der Waals surface area contributed by atoms with Gasteiger partial charge in [0.05, 0.1) is 5.69 Å². The van der Waals surface area contributed by atoms with Crippen molar-refractivity contribution in [3.05, 3.63) is 23.1 Å². The molecule has 2 aromatic rings. The van der Waals surface area contributed by atoms with E-state index >= 15 is 0 Å². The van der Waals surface area contributed by atoms with Gasteiger partial charge in [-0.05, 0) is 20.8 Å². The number of hydrogen-bond acceptors (Lipinski definition) is 3. The van der Waals surface area contributed by atoms with Gasteiger partial charge < -0.3 is 5.73 Å². The Morgan fingerprint density at radius 1 is 1.23 bits per heavy atom. The molecule has 2 aromatic heterocycles. The highest BCUT2D eigenvalue weighted by molar-refractivity contribution is 5.53. The first-order chi connectivity index (χ1) is 6.09. The van der Waals surface area contributed by atoms with Gasteiger partial charge in [0.1, 0.15) is 5.65 Å². The highest BCUT2D eigenvalue weighted by Crippen LogP contribution is 2.15. The molecule has 2 heterocycles. The Bertz CT molecular complexity index is 470. The summed E-state index contributed by atoms with van der Waals surface area (Å²) < 4.78 is 1.82. The van der Waals surface area contributed by atoms with Gasteiger partial charge in [0.25, 0.3) is 0 Å². The van der Waals surface area contributed by atoms with Crippen LogP contribution in [0.15, 0.2) is 6.20 Å². The maximum Gasteiger partial charge on any atom is 0.206 e. The number of hydrogen-bond donors (Lipinski definition) is 1. The molecule has 0 atom stereocenters. The Morgan fingerprint density at radius 3 is 2.62 bits per heavy atom. The maximum absolute atomic E-state index is 5.75. The average Bonchev–Trinajstić information content (AvgIpc) is 2.44. The number of aromatic nitrogens is 3. The standard InChI is InChI=1S/C9H12N4/c1-5-4-13-8(11-5)6(2)7(3)12-9(13)10/h4H,1-3H3,(H2,10,12). The Morgan fingerprint density at radius 2 is 1.92 bits per heavy atom. The summed E-state index contributed by atoms with van der Waals surface area (Å²) in [5.41, 5.74) is 9.64. The molecule has 0 saturated heterocycles. The summed E-state index contributed by atoms with van der Waals surface area (Å²) in [6.07, 6.45) is 1.89. The molecule has 13 heavy (non-hydrogen) atoms. The normalized spacial score (nSPS) is 11.0. The highest BCUT2D eigenvalue weighted by atomic mass is 15.1. The van der Waals surface area contributed by atoms with E-state index < -0.39 is 0 Å². The lowest BCUT2D eigenvalue weighted by Crippen LogP contribution is -2.03. The van der Waals surface area contributed by atoms with E-state index in [0.717, 1.165) is 22.6 Å². The monoisotopic (exact) mass is 176 g/mol. The topological polar surface area (TPSA) is 56.2 Å². The summed E-state index contributed by atoms with van der Waals surface area (Å²) in [6.45, 7) is 5.89. The van der Waals surface area contributed by atoms with Crippen molar-refractivity contribution >= 4 is 11.6 Å². The predicted molar refractivity (Wildman–Crippen MR) is 51.6 cm³/mol. The van der Waals surface area contributed by atoms with Crippen LogP contribution in [0.1, 0.15) is 17.0 Å². The van der Waals surface area contributed by atoms with Gasteiger partial charge in [-0.1, -0.05) is 0 Å². The third-order valence-corrected chi connectivity index (χ3v) is 2.23. The van der Waals surface area contributed by atoms with Gasteiger partial charge in [-0.25, -0.2) is 9.97 Å². The minimum absolute atomic E-state index is 0.499. The summed E-state index contributed by atoms with van der Waals surface area (Å²) in [5.74, 6) is 0.499. The van der Waals surface area contributed by atoms with Gasteiger partial charge in [0.2, 0.25) is 5.95 Å². The SMILES string of the molecule is Cc1cn2c(N)nc(C)c(C)c2n1. The van der Waals surface area contributed by atoms with Crippen LogP contribution in [0.3, 0.4) is 0 Å². The van der Waals surface area contributed by atoms with E-state index in [9.17, 15) is 0 Å². The van der Waals surface area contributed by atoms with Crippen LogP contribution in [-0.2, 0) is 0 Å². The summed E-state index contributed by atoms with van der Waals surface area (Å²) in [5, 5.41) is 0. The Balaban J connectivity index is 2.95. The second-order valence-corrected chi connectivity index (χ2v) is 3.26. The van der Waals surface area contributed by atoms with E-state index in [1.807, 2.05) is 31.4 Å². The van der Waals surface area contributed by atoms with E-state index in [1.165, 1.54) is 0 Å². The molecule has 0 aromatic carbocycles. The minimum Gasteiger partial charge on any atom is -0.369 e. The van der Waals surface area contributed by atoms with Crippen LogP contribution >= 0.6 is 0 Å². The van der Waals surface area contributed by atoms with Crippen LogP contribution < -0.4 is 5.73 Å². The fourth-order valence-corrected chi connectivity index (χ4v) is 1.41. The second-order valence-electron chi connectivity index (χ2n) is 3.26. The van der Waals surface area contributed by atoms with E-state index in [2.05, 4.69) is 9.97 Å². The van der Waals surface area contributed by atoms with Crippen LogP contribution in [-0.4, -0.2) is 14.4 Å². The number of anilines is 1. The van der Waals surface area contributed by atoms with Gasteiger partial charge in [-0.15, -0.1) is 0 Å². The predicted octanol–water partition coefficient (Wildman–Crippen LogP) is 1.24. The van der Waals surface area contributed by atoms with Crippen LogP contribution in [0, 0.1) is 20.8 Å². The molecule has 0 aliphatic carbocycles. The van der Waals surface area contributed by atoms with Crippen molar-refractivity contribution in [3.8, 4) is 0 Å². The van der Waals surface area contributed by atoms with Crippen LogP contribution in [0.2, 0.25) is 0 Å². The molecule has 2 N–H and O–H groups in total. The van der Waals surface area contributed by atoms with Crippen molar-refractivity contribution in [2.24, 2.45) is 0 Å². The zero-order valence-electron chi connectivity index (χ0n) is 8.00. The van der Waals surface area contributed by atoms with Gasteiger partial charge >= 0.3 is 0 Å². The lowest BCUT2D eigenvalue weighted by molar-refractivity contribution is 1.04. The smallest absolute Gasteiger partial charge is 0.206 e.